The molecule has 2 N–H and O–H groups in total. The summed E-state index contributed by atoms with van der Waals surface area (Å²) in [6, 6.07) is 17.0. The predicted molar refractivity (Wildman–Crippen MR) is 132 cm³/mol. The average Bonchev–Trinajstić information content (AvgIpc) is 3.60. The fourth-order valence-electron chi connectivity index (χ4n) is 4.77. The van der Waals surface area contributed by atoms with Crippen molar-refractivity contribution in [1.29, 1.82) is 0 Å². The van der Waals surface area contributed by atoms with Crippen LogP contribution in [0.3, 0.4) is 0 Å². The van der Waals surface area contributed by atoms with Gasteiger partial charge in [0.25, 0.3) is 5.91 Å². The zero-order valence-electron chi connectivity index (χ0n) is 20.4. The number of nitrogens with two attached hydrogens (primary N) is 1. The van der Waals surface area contributed by atoms with Gasteiger partial charge >= 0.3 is 0 Å². The van der Waals surface area contributed by atoms with E-state index in [1.807, 2.05) is 24.3 Å². The van der Waals surface area contributed by atoms with Crippen LogP contribution in [0.5, 0.6) is 0 Å². The number of alkyl halides is 1. The lowest BCUT2D eigenvalue weighted by atomic mass is 9.95. The Morgan fingerprint density at radius 3 is 2.31 bits per heavy atom. The van der Waals surface area contributed by atoms with E-state index in [1.165, 1.54) is 17.0 Å². The van der Waals surface area contributed by atoms with Gasteiger partial charge in [-0.15, -0.1) is 0 Å². The van der Waals surface area contributed by atoms with E-state index in [2.05, 4.69) is 0 Å². The van der Waals surface area contributed by atoms with Gasteiger partial charge in [0, 0.05) is 22.9 Å². The second-order valence-electron chi connectivity index (χ2n) is 9.76. The van der Waals surface area contributed by atoms with Crippen LogP contribution in [0.4, 0.5) is 8.78 Å². The molecule has 2 amide bonds. The van der Waals surface area contributed by atoms with E-state index in [0.29, 0.717) is 40.7 Å². The molecule has 0 spiro atoms. The van der Waals surface area contributed by atoms with E-state index < -0.39 is 11.6 Å². The number of carbonyl (C=O) groups is 2. The summed E-state index contributed by atoms with van der Waals surface area (Å²) in [5, 5.41) is 0.571. The van der Waals surface area contributed by atoms with Crippen molar-refractivity contribution in [3.8, 4) is 22.3 Å². The Balaban J connectivity index is 1.43. The maximum Gasteiger partial charge on any atom is 0.254 e. The first-order chi connectivity index (χ1) is 17.7. The Kier molecular flexibility index (Phi) is 4.91. The van der Waals surface area contributed by atoms with Gasteiger partial charge in [-0.25, -0.2) is 8.78 Å². The van der Waals surface area contributed by atoms with Gasteiger partial charge in [-0.05, 0) is 72.0 Å². The van der Waals surface area contributed by atoms with Gasteiger partial charge in [0.2, 0.25) is 5.91 Å². The molecule has 4 aromatic rings. The van der Waals surface area contributed by atoms with Crippen LogP contribution in [0.2, 0.25) is 0 Å². The van der Waals surface area contributed by atoms with Crippen LogP contribution >= 0.6 is 0 Å². The molecular weight excluding hydrogens is 462 g/mol. The van der Waals surface area contributed by atoms with Crippen LogP contribution in [-0.2, 0) is 11.2 Å². The predicted octanol–water partition coefficient (Wildman–Crippen LogP) is 5.51. The maximum atomic E-state index is 13.7. The third-order valence-electron chi connectivity index (χ3n) is 7.21. The number of carbonyl (C=O) groups excluding carboxylic acids is 2. The van der Waals surface area contributed by atoms with Gasteiger partial charge in [0.05, 0.1) is 19.9 Å². The molecule has 2 heterocycles. The number of fused-ring (bicyclic) bond motifs is 1. The minimum Gasteiger partial charge on any atom is -0.460 e. The number of furan rings is 1. The highest BCUT2D eigenvalue weighted by Gasteiger charge is 2.49. The van der Waals surface area contributed by atoms with Gasteiger partial charge in [-0.3, -0.25) is 9.59 Å². The molecule has 0 bridgehead atoms. The molecule has 1 aliphatic heterocycles. The topological polar surface area (TPSA) is 76.5 Å². The first-order valence-electron chi connectivity index (χ1n) is 12.4. The lowest BCUT2D eigenvalue weighted by Crippen LogP contribution is -2.51. The van der Waals surface area contributed by atoms with E-state index in [4.69, 9.17) is 11.5 Å². The van der Waals surface area contributed by atoms with E-state index in [9.17, 15) is 18.4 Å². The molecule has 182 valence electrons. The first kappa shape index (κ1) is 21.3. The molecule has 0 radical (unpaired) electrons. The third-order valence-corrected chi connectivity index (χ3v) is 7.21. The van der Waals surface area contributed by atoms with Gasteiger partial charge in [-0.1, -0.05) is 24.3 Å². The number of amides is 2. The maximum absolute atomic E-state index is 13.7. The highest BCUT2D eigenvalue weighted by molar-refractivity contribution is 5.98. The molecule has 0 atom stereocenters. The smallest absolute Gasteiger partial charge is 0.254 e. The highest BCUT2D eigenvalue weighted by atomic mass is 19.1. The zero-order chi connectivity index (χ0) is 25.9. The number of primary amides is 1. The van der Waals surface area contributed by atoms with Gasteiger partial charge in [0.1, 0.15) is 23.3 Å². The SMILES string of the molecule is [2H]c1c(CC2(C(N)=O)CC2)oc2c(-c3ccc(F)cc3)cc(-c3ccc(C(=O)N4CC(F)C4)cc3)cc12. The number of hydrogen-bond donors (Lipinski definition) is 1. The van der Waals surface area contributed by atoms with Crippen LogP contribution in [0.25, 0.3) is 33.2 Å². The molecule has 3 aromatic carbocycles. The van der Waals surface area contributed by atoms with Gasteiger partial charge in [-0.2, -0.15) is 0 Å². The molecule has 2 fully saturated rings. The van der Waals surface area contributed by atoms with E-state index in [0.717, 1.165) is 16.7 Å². The Bertz CT molecular complexity index is 1540. The van der Waals surface area contributed by atoms with Crippen LogP contribution in [0.15, 0.2) is 71.1 Å². The minimum atomic E-state index is -0.962. The molecule has 5 nitrogen and oxygen atoms in total. The first-order valence-corrected chi connectivity index (χ1v) is 11.9. The summed E-state index contributed by atoms with van der Waals surface area (Å²) in [5.41, 5.74) is 8.91. The Hall–Kier alpha value is -4.00. The van der Waals surface area contributed by atoms with E-state index >= 15 is 0 Å². The number of rotatable bonds is 6. The molecule has 1 saturated carbocycles. The molecule has 7 heteroatoms. The minimum absolute atomic E-state index is 0.115. The van der Waals surface area contributed by atoms with E-state index in [-0.39, 0.29) is 43.2 Å². The summed E-state index contributed by atoms with van der Waals surface area (Å²) in [5.74, 6) is -0.564. The second kappa shape index (κ2) is 8.29. The lowest BCUT2D eigenvalue weighted by molar-refractivity contribution is -0.123. The molecular formula is C29H24F2N2O3. The molecule has 1 aliphatic carbocycles. The van der Waals surface area contributed by atoms with Gasteiger partial charge < -0.3 is 15.1 Å². The largest absolute Gasteiger partial charge is 0.460 e. The van der Waals surface area contributed by atoms with Crippen molar-refractivity contribution in [2.75, 3.05) is 13.1 Å². The Labute approximate surface area is 207 Å². The van der Waals surface area contributed by atoms with Crippen molar-refractivity contribution < 1.29 is 24.2 Å². The molecule has 6 rings (SSSR count). The van der Waals surface area contributed by atoms with Crippen LogP contribution in [0, 0.1) is 11.2 Å². The average molecular weight is 488 g/mol. The summed E-state index contributed by atoms with van der Waals surface area (Å²) in [4.78, 5) is 26.0. The number of likely N-dealkylation sites (tertiary alicyclic amines) is 1. The van der Waals surface area contributed by atoms with Crippen LogP contribution in [0.1, 0.15) is 30.3 Å². The fraction of sp³-hybridized carbons (Fsp3) is 0.241. The number of halogens is 2. The normalized spacial score (nSPS) is 17.1. The number of benzene rings is 3. The fourth-order valence-corrected chi connectivity index (χ4v) is 4.77. The van der Waals surface area contributed by atoms with Crippen molar-refractivity contribution in [3.05, 3.63) is 83.8 Å². The monoisotopic (exact) mass is 487 g/mol. The molecule has 1 aromatic heterocycles. The number of nitrogens with zero attached hydrogens (tertiary/aromatic N) is 1. The summed E-state index contributed by atoms with van der Waals surface area (Å²) in [6.07, 6.45) is 0.643. The summed E-state index contributed by atoms with van der Waals surface area (Å²) < 4.78 is 41.8. The third kappa shape index (κ3) is 3.94. The quantitative estimate of drug-likeness (QED) is 0.390. The molecule has 1 saturated heterocycles. The summed E-state index contributed by atoms with van der Waals surface area (Å²) in [6.45, 7) is 0.231. The Morgan fingerprint density at radius 2 is 1.69 bits per heavy atom. The number of hydrogen-bond acceptors (Lipinski definition) is 3. The van der Waals surface area contributed by atoms with Crippen LogP contribution in [-0.4, -0.2) is 36.0 Å². The van der Waals surface area contributed by atoms with Crippen LogP contribution < -0.4 is 5.73 Å². The zero-order valence-corrected chi connectivity index (χ0v) is 19.4. The molecule has 36 heavy (non-hydrogen) atoms. The van der Waals surface area contributed by atoms with Crippen molar-refractivity contribution in [1.82, 2.24) is 4.90 Å². The van der Waals surface area contributed by atoms with Gasteiger partial charge in [0.15, 0.2) is 0 Å². The van der Waals surface area contributed by atoms with Crippen molar-refractivity contribution >= 4 is 22.8 Å². The molecule has 0 unspecified atom stereocenters. The highest BCUT2D eigenvalue weighted by Crippen LogP contribution is 2.49. The van der Waals surface area contributed by atoms with Crippen molar-refractivity contribution in [2.24, 2.45) is 11.1 Å². The second-order valence-corrected chi connectivity index (χ2v) is 9.76. The summed E-state index contributed by atoms with van der Waals surface area (Å²) in [7, 11) is 0. The van der Waals surface area contributed by atoms with Crippen molar-refractivity contribution in [3.63, 3.8) is 0 Å². The van der Waals surface area contributed by atoms with Crippen molar-refractivity contribution in [2.45, 2.75) is 25.4 Å². The standard InChI is InChI=1S/C29H24F2N2O3/c30-22-7-5-18(6-8-22)25-13-20(17-1-3-19(4-2-17)27(34)33-15-23(31)16-33)11-21-12-24(36-26(21)25)14-29(9-10-29)28(32)35/h1-8,11-13,23H,9-10,14-16H2,(H2,32,35)/i12D. The van der Waals surface area contributed by atoms with E-state index in [1.54, 1.807) is 24.3 Å². The Morgan fingerprint density at radius 1 is 1.03 bits per heavy atom. The summed E-state index contributed by atoms with van der Waals surface area (Å²) >= 11 is 0. The molecule has 2 aliphatic rings. The lowest BCUT2D eigenvalue weighted by Gasteiger charge is -2.34.